The molecule has 1 aromatic heterocycles. The number of nitrogens with one attached hydrogen (secondary N) is 1. The molecule has 1 heterocycles. The highest BCUT2D eigenvalue weighted by Gasteiger charge is 2.20. The van der Waals surface area contributed by atoms with E-state index in [2.05, 4.69) is 28.2 Å². The van der Waals surface area contributed by atoms with E-state index in [9.17, 15) is 0 Å². The van der Waals surface area contributed by atoms with E-state index in [4.69, 9.17) is 27.6 Å². The molecule has 0 saturated carbocycles. The lowest BCUT2D eigenvalue weighted by Gasteiger charge is -2.18. The van der Waals surface area contributed by atoms with E-state index in [0.717, 1.165) is 28.8 Å². The quantitative estimate of drug-likeness (QED) is 0.766. The Bertz CT molecular complexity index is 556. The van der Waals surface area contributed by atoms with Crippen LogP contribution in [0.2, 0.25) is 10.0 Å². The lowest BCUT2D eigenvalue weighted by atomic mass is 10.0. The molecule has 0 bridgehead atoms. The van der Waals surface area contributed by atoms with Gasteiger partial charge in [0.15, 0.2) is 0 Å². The Morgan fingerprint density at radius 1 is 1.26 bits per heavy atom. The summed E-state index contributed by atoms with van der Waals surface area (Å²) >= 11 is 15.5. The van der Waals surface area contributed by atoms with Crippen LogP contribution < -0.4 is 5.32 Å². The zero-order valence-corrected chi connectivity index (χ0v) is 13.5. The first-order chi connectivity index (χ1) is 9.13. The summed E-state index contributed by atoms with van der Waals surface area (Å²) in [5, 5.41) is 4.55. The predicted octanol–water partition coefficient (Wildman–Crippen LogP) is 5.44. The number of halogens is 3. The molecule has 0 saturated heterocycles. The largest absolute Gasteiger partial charge is 0.466 e. The molecule has 0 radical (unpaired) electrons. The Kier molecular flexibility index (Phi) is 5.34. The normalized spacial score (nSPS) is 12.6. The highest BCUT2D eigenvalue weighted by atomic mass is 79.9. The lowest BCUT2D eigenvalue weighted by Crippen LogP contribution is -2.23. The third kappa shape index (κ3) is 3.54. The van der Waals surface area contributed by atoms with Gasteiger partial charge in [0.1, 0.15) is 5.76 Å². The smallest absolute Gasteiger partial charge is 0.139 e. The summed E-state index contributed by atoms with van der Waals surface area (Å²) in [5.41, 5.74) is 1.03. The van der Waals surface area contributed by atoms with Crippen LogP contribution in [0.25, 0.3) is 0 Å². The molecule has 0 spiro atoms. The highest BCUT2D eigenvalue weighted by molar-refractivity contribution is 9.10. The third-order valence-electron chi connectivity index (χ3n) is 2.78. The molecule has 1 unspecified atom stereocenters. The number of benzene rings is 1. The fraction of sp³-hybridized carbons (Fsp3) is 0.286. The van der Waals surface area contributed by atoms with Crippen LogP contribution in [-0.2, 0) is 0 Å². The minimum Gasteiger partial charge on any atom is -0.466 e. The number of rotatable bonds is 5. The SMILES string of the molecule is CCCNC(c1ccc(Cl)c(Cl)c1)c1occc1Br. The number of furan rings is 1. The van der Waals surface area contributed by atoms with E-state index < -0.39 is 0 Å². The van der Waals surface area contributed by atoms with Crippen molar-refractivity contribution in [2.24, 2.45) is 0 Å². The van der Waals surface area contributed by atoms with Gasteiger partial charge in [0, 0.05) is 0 Å². The van der Waals surface area contributed by atoms with Crippen molar-refractivity contribution in [3.63, 3.8) is 0 Å². The zero-order valence-electron chi connectivity index (χ0n) is 10.4. The van der Waals surface area contributed by atoms with E-state index in [0.29, 0.717) is 10.0 Å². The van der Waals surface area contributed by atoms with Gasteiger partial charge >= 0.3 is 0 Å². The second-order valence-electron chi connectivity index (χ2n) is 4.19. The molecule has 19 heavy (non-hydrogen) atoms. The average Bonchev–Trinajstić information content (AvgIpc) is 2.80. The van der Waals surface area contributed by atoms with E-state index in [1.807, 2.05) is 18.2 Å². The molecule has 2 rings (SSSR count). The minimum absolute atomic E-state index is 0.0425. The Balaban J connectivity index is 2.37. The fourth-order valence-corrected chi connectivity index (χ4v) is 2.59. The summed E-state index contributed by atoms with van der Waals surface area (Å²) in [7, 11) is 0. The van der Waals surface area contributed by atoms with Gasteiger partial charge in [0.25, 0.3) is 0 Å². The Labute approximate surface area is 131 Å². The van der Waals surface area contributed by atoms with Gasteiger partial charge in [-0.05, 0) is 52.7 Å². The van der Waals surface area contributed by atoms with Gasteiger partial charge < -0.3 is 9.73 Å². The zero-order chi connectivity index (χ0) is 13.8. The van der Waals surface area contributed by atoms with Crippen LogP contribution >= 0.6 is 39.1 Å². The maximum atomic E-state index is 6.09. The van der Waals surface area contributed by atoms with Crippen LogP contribution in [0.4, 0.5) is 0 Å². The van der Waals surface area contributed by atoms with Gasteiger partial charge in [-0.15, -0.1) is 0 Å². The first kappa shape index (κ1) is 14.9. The van der Waals surface area contributed by atoms with Crippen LogP contribution in [0.1, 0.15) is 30.7 Å². The molecule has 102 valence electrons. The van der Waals surface area contributed by atoms with E-state index in [-0.39, 0.29) is 6.04 Å². The molecule has 1 N–H and O–H groups in total. The minimum atomic E-state index is -0.0425. The molecule has 0 fully saturated rings. The number of hydrogen-bond acceptors (Lipinski definition) is 2. The highest BCUT2D eigenvalue weighted by Crippen LogP contribution is 2.32. The van der Waals surface area contributed by atoms with Crippen LogP contribution in [0.3, 0.4) is 0 Å². The molecule has 0 aliphatic heterocycles. The maximum Gasteiger partial charge on any atom is 0.139 e. The van der Waals surface area contributed by atoms with Crippen molar-refractivity contribution >= 4 is 39.1 Å². The maximum absolute atomic E-state index is 6.09. The predicted molar refractivity (Wildman–Crippen MR) is 83.0 cm³/mol. The Morgan fingerprint density at radius 3 is 2.63 bits per heavy atom. The van der Waals surface area contributed by atoms with Crippen molar-refractivity contribution in [3.05, 3.63) is 56.4 Å². The summed E-state index contributed by atoms with van der Waals surface area (Å²) in [6.45, 7) is 3.01. The molecule has 2 nitrogen and oxygen atoms in total. The molecule has 0 aliphatic rings. The first-order valence-electron chi connectivity index (χ1n) is 6.04. The topological polar surface area (TPSA) is 25.2 Å². The van der Waals surface area contributed by atoms with Crippen LogP contribution in [0.15, 0.2) is 39.4 Å². The van der Waals surface area contributed by atoms with Gasteiger partial charge in [-0.3, -0.25) is 0 Å². The average molecular weight is 363 g/mol. The lowest BCUT2D eigenvalue weighted by molar-refractivity contribution is 0.444. The molecular weight excluding hydrogens is 349 g/mol. The molecule has 2 aromatic rings. The summed E-state index contributed by atoms with van der Waals surface area (Å²) in [6.07, 6.45) is 2.70. The molecule has 1 atom stereocenters. The second kappa shape index (κ2) is 6.80. The summed E-state index contributed by atoms with van der Waals surface area (Å²) < 4.78 is 6.50. The van der Waals surface area contributed by atoms with Crippen molar-refractivity contribution in [3.8, 4) is 0 Å². The van der Waals surface area contributed by atoms with Crippen LogP contribution in [-0.4, -0.2) is 6.54 Å². The van der Waals surface area contributed by atoms with Crippen LogP contribution in [0.5, 0.6) is 0 Å². The van der Waals surface area contributed by atoms with E-state index in [1.54, 1.807) is 12.3 Å². The van der Waals surface area contributed by atoms with Crippen molar-refractivity contribution in [1.82, 2.24) is 5.32 Å². The Hall–Kier alpha value is -0.480. The standard InChI is InChI=1S/C14H14BrCl2NO/c1-2-6-18-13(14-10(15)5-7-19-14)9-3-4-11(16)12(17)8-9/h3-5,7-8,13,18H,2,6H2,1H3. The third-order valence-corrected chi connectivity index (χ3v) is 4.18. The molecule has 5 heteroatoms. The van der Waals surface area contributed by atoms with E-state index in [1.165, 1.54) is 0 Å². The van der Waals surface area contributed by atoms with Crippen molar-refractivity contribution in [1.29, 1.82) is 0 Å². The summed E-state index contributed by atoms with van der Waals surface area (Å²) in [4.78, 5) is 0. The molecular formula is C14H14BrCl2NO. The van der Waals surface area contributed by atoms with Gasteiger partial charge in [-0.1, -0.05) is 36.2 Å². The van der Waals surface area contributed by atoms with Gasteiger partial charge in [0.05, 0.1) is 26.8 Å². The Morgan fingerprint density at radius 2 is 2.05 bits per heavy atom. The molecule has 1 aromatic carbocycles. The first-order valence-corrected chi connectivity index (χ1v) is 7.59. The summed E-state index contributed by atoms with van der Waals surface area (Å²) in [5.74, 6) is 0.840. The second-order valence-corrected chi connectivity index (χ2v) is 5.86. The van der Waals surface area contributed by atoms with Crippen molar-refractivity contribution in [2.75, 3.05) is 6.54 Å². The van der Waals surface area contributed by atoms with E-state index >= 15 is 0 Å². The molecule has 0 amide bonds. The van der Waals surface area contributed by atoms with Gasteiger partial charge in [-0.2, -0.15) is 0 Å². The fourth-order valence-electron chi connectivity index (χ4n) is 1.85. The number of hydrogen-bond donors (Lipinski definition) is 1. The van der Waals surface area contributed by atoms with Crippen molar-refractivity contribution in [2.45, 2.75) is 19.4 Å². The summed E-state index contributed by atoms with van der Waals surface area (Å²) in [6, 6.07) is 7.46. The van der Waals surface area contributed by atoms with Crippen LogP contribution in [0, 0.1) is 0 Å². The van der Waals surface area contributed by atoms with Gasteiger partial charge in [0.2, 0.25) is 0 Å². The van der Waals surface area contributed by atoms with Gasteiger partial charge in [-0.25, -0.2) is 0 Å². The molecule has 0 aliphatic carbocycles. The van der Waals surface area contributed by atoms with Crippen molar-refractivity contribution < 1.29 is 4.42 Å². The monoisotopic (exact) mass is 361 g/mol.